The minimum absolute atomic E-state index is 0.860. The van der Waals surface area contributed by atoms with E-state index in [1.165, 1.54) is 33.4 Å². The van der Waals surface area contributed by atoms with Crippen LogP contribution in [0.4, 0.5) is 17.1 Å². The summed E-state index contributed by atoms with van der Waals surface area (Å²) in [7, 11) is 0. The minimum Gasteiger partial charge on any atom is -0.456 e. The average molecular weight is 742 g/mol. The van der Waals surface area contributed by atoms with E-state index in [1.54, 1.807) is 0 Å². The molecule has 0 bridgehead atoms. The molecule has 274 valence electrons. The second-order valence-electron chi connectivity index (χ2n) is 14.5. The molecule has 0 saturated carbocycles. The van der Waals surface area contributed by atoms with Gasteiger partial charge >= 0.3 is 0 Å². The number of para-hydroxylation sites is 1. The fourth-order valence-electron chi connectivity index (χ4n) is 7.99. The van der Waals surface area contributed by atoms with E-state index < -0.39 is 0 Å². The Labute approximate surface area is 339 Å². The summed E-state index contributed by atoms with van der Waals surface area (Å²) < 4.78 is 6.45. The van der Waals surface area contributed by atoms with Crippen LogP contribution in [0.3, 0.4) is 0 Å². The molecule has 58 heavy (non-hydrogen) atoms. The minimum atomic E-state index is 0.860. The molecule has 2 nitrogen and oxygen atoms in total. The molecular formula is C56H39NO. The molecule has 0 aliphatic heterocycles. The van der Waals surface area contributed by atoms with Crippen LogP contribution in [0.25, 0.3) is 77.9 Å². The maximum atomic E-state index is 6.45. The van der Waals surface area contributed by atoms with Crippen LogP contribution in [-0.4, -0.2) is 0 Å². The van der Waals surface area contributed by atoms with Gasteiger partial charge in [-0.15, -0.1) is 0 Å². The Hall–Kier alpha value is -7.68. The fraction of sp³-hybridized carbons (Fsp3) is 0. The largest absolute Gasteiger partial charge is 0.456 e. The van der Waals surface area contributed by atoms with E-state index in [4.69, 9.17) is 4.42 Å². The average Bonchev–Trinajstić information content (AvgIpc) is 3.75. The van der Waals surface area contributed by atoms with Crippen LogP contribution in [0.2, 0.25) is 0 Å². The number of hydrogen-bond donors (Lipinski definition) is 0. The maximum Gasteiger partial charge on any atom is 0.136 e. The van der Waals surface area contributed by atoms with Gasteiger partial charge in [-0.2, -0.15) is 0 Å². The van der Waals surface area contributed by atoms with Gasteiger partial charge in [-0.05, 0) is 110 Å². The van der Waals surface area contributed by atoms with Crippen LogP contribution >= 0.6 is 0 Å². The van der Waals surface area contributed by atoms with Crippen molar-refractivity contribution in [1.82, 2.24) is 0 Å². The third-order valence-electron chi connectivity index (χ3n) is 10.9. The van der Waals surface area contributed by atoms with Crippen LogP contribution in [0.5, 0.6) is 0 Å². The highest BCUT2D eigenvalue weighted by Gasteiger charge is 2.17. The molecule has 10 aromatic rings. The van der Waals surface area contributed by atoms with Crippen LogP contribution in [0.1, 0.15) is 0 Å². The van der Waals surface area contributed by atoms with Crippen LogP contribution in [-0.2, 0) is 0 Å². The van der Waals surface area contributed by atoms with Gasteiger partial charge in [-0.25, -0.2) is 0 Å². The third-order valence-corrected chi connectivity index (χ3v) is 10.9. The second kappa shape index (κ2) is 15.5. The van der Waals surface area contributed by atoms with E-state index in [-0.39, 0.29) is 0 Å². The van der Waals surface area contributed by atoms with Crippen molar-refractivity contribution < 1.29 is 4.42 Å². The zero-order valence-corrected chi connectivity index (χ0v) is 31.9. The Bertz CT molecular complexity index is 2920. The van der Waals surface area contributed by atoms with E-state index in [0.717, 1.165) is 61.6 Å². The van der Waals surface area contributed by atoms with E-state index in [2.05, 4.69) is 229 Å². The molecule has 1 heterocycles. The van der Waals surface area contributed by atoms with Crippen molar-refractivity contribution in [3.63, 3.8) is 0 Å². The zero-order chi connectivity index (χ0) is 38.7. The molecule has 0 spiro atoms. The lowest BCUT2D eigenvalue weighted by molar-refractivity contribution is 0.632. The molecule has 0 unspecified atom stereocenters. The summed E-state index contributed by atoms with van der Waals surface area (Å²) in [5.74, 6) is 0.860. The van der Waals surface area contributed by atoms with Crippen molar-refractivity contribution >= 4 is 28.0 Å². The van der Waals surface area contributed by atoms with E-state index in [0.29, 0.717) is 0 Å². The molecule has 0 aliphatic carbocycles. The fourth-order valence-corrected chi connectivity index (χ4v) is 7.99. The number of rotatable bonds is 9. The molecule has 0 aliphatic rings. The standard InChI is InChI=1S/C56H39NO/c1-4-14-40(15-5-1)41-24-31-48(32-25-41)57(50-35-28-45(29-36-50)52-22-12-11-21-51(52)43-16-6-2-7-17-43)49-33-26-42(27-34-49)46-30-37-53(44-18-8-3-9-19-44)54(38-46)56-39-47-20-10-13-23-55(47)58-56/h1-39H. The predicted octanol–water partition coefficient (Wildman–Crippen LogP) is 15.9. The van der Waals surface area contributed by atoms with Crippen molar-refractivity contribution in [3.8, 4) is 67.0 Å². The smallest absolute Gasteiger partial charge is 0.136 e. The Kier molecular flexibility index (Phi) is 9.27. The van der Waals surface area contributed by atoms with Crippen molar-refractivity contribution in [3.05, 3.63) is 237 Å². The summed E-state index contributed by atoms with van der Waals surface area (Å²) in [6.07, 6.45) is 0. The summed E-state index contributed by atoms with van der Waals surface area (Å²) >= 11 is 0. The summed E-state index contributed by atoms with van der Waals surface area (Å²) in [5.41, 5.74) is 17.0. The Morgan fingerprint density at radius 3 is 1.17 bits per heavy atom. The van der Waals surface area contributed by atoms with Gasteiger partial charge in [0.25, 0.3) is 0 Å². The highest BCUT2D eigenvalue weighted by Crippen LogP contribution is 2.41. The highest BCUT2D eigenvalue weighted by molar-refractivity contribution is 5.91. The lowest BCUT2D eigenvalue weighted by atomic mass is 9.93. The number of benzene rings is 9. The number of anilines is 3. The van der Waals surface area contributed by atoms with Crippen LogP contribution < -0.4 is 4.90 Å². The van der Waals surface area contributed by atoms with Gasteiger partial charge in [-0.3, -0.25) is 0 Å². The molecule has 0 amide bonds. The number of nitrogens with zero attached hydrogens (tertiary/aromatic N) is 1. The van der Waals surface area contributed by atoms with Crippen molar-refractivity contribution in [1.29, 1.82) is 0 Å². The molecule has 0 saturated heterocycles. The van der Waals surface area contributed by atoms with Gasteiger partial charge in [0.05, 0.1) is 0 Å². The normalized spacial score (nSPS) is 11.1. The van der Waals surface area contributed by atoms with Gasteiger partial charge in [0.15, 0.2) is 0 Å². The lowest BCUT2D eigenvalue weighted by Crippen LogP contribution is -2.09. The zero-order valence-electron chi connectivity index (χ0n) is 31.9. The van der Waals surface area contributed by atoms with Gasteiger partial charge in [-0.1, -0.05) is 182 Å². The Balaban J connectivity index is 1.03. The molecule has 1 aromatic heterocycles. The molecule has 2 heteroatoms. The maximum absolute atomic E-state index is 6.45. The van der Waals surface area contributed by atoms with E-state index in [1.807, 2.05) is 12.1 Å². The van der Waals surface area contributed by atoms with Gasteiger partial charge in [0, 0.05) is 28.0 Å². The summed E-state index contributed by atoms with van der Waals surface area (Å²) in [4.78, 5) is 2.34. The quantitative estimate of drug-likeness (QED) is 0.146. The summed E-state index contributed by atoms with van der Waals surface area (Å²) in [5, 5.41) is 1.09. The first-order valence-corrected chi connectivity index (χ1v) is 19.7. The lowest BCUT2D eigenvalue weighted by Gasteiger charge is -2.26. The van der Waals surface area contributed by atoms with Crippen molar-refractivity contribution in [2.75, 3.05) is 4.90 Å². The first-order valence-electron chi connectivity index (χ1n) is 19.7. The predicted molar refractivity (Wildman–Crippen MR) is 244 cm³/mol. The first kappa shape index (κ1) is 34.8. The monoisotopic (exact) mass is 741 g/mol. The van der Waals surface area contributed by atoms with Gasteiger partial charge < -0.3 is 9.32 Å². The molecule has 9 aromatic carbocycles. The molecule has 10 rings (SSSR count). The van der Waals surface area contributed by atoms with Crippen molar-refractivity contribution in [2.45, 2.75) is 0 Å². The van der Waals surface area contributed by atoms with Gasteiger partial charge in [0.2, 0.25) is 0 Å². The molecule has 0 radical (unpaired) electrons. The van der Waals surface area contributed by atoms with Gasteiger partial charge in [0.1, 0.15) is 11.3 Å². The highest BCUT2D eigenvalue weighted by atomic mass is 16.3. The number of fused-ring (bicyclic) bond motifs is 1. The van der Waals surface area contributed by atoms with E-state index in [9.17, 15) is 0 Å². The Morgan fingerprint density at radius 1 is 0.259 bits per heavy atom. The van der Waals surface area contributed by atoms with Crippen molar-refractivity contribution in [2.24, 2.45) is 0 Å². The topological polar surface area (TPSA) is 16.4 Å². The molecule has 0 N–H and O–H groups in total. The summed E-state index contributed by atoms with van der Waals surface area (Å²) in [6.45, 7) is 0. The SMILES string of the molecule is c1ccc(-c2ccc(N(c3ccc(-c4ccc(-c5ccccc5)c(-c5cc6ccccc6o5)c4)cc3)c3ccc(-c4ccccc4-c4ccccc4)cc3)cc2)cc1. The van der Waals surface area contributed by atoms with Crippen LogP contribution in [0, 0.1) is 0 Å². The number of hydrogen-bond acceptors (Lipinski definition) is 2. The molecular weight excluding hydrogens is 703 g/mol. The first-order chi connectivity index (χ1) is 28.7. The molecule has 0 atom stereocenters. The Morgan fingerprint density at radius 2 is 0.638 bits per heavy atom. The summed E-state index contributed by atoms with van der Waals surface area (Å²) in [6, 6.07) is 84.1. The second-order valence-corrected chi connectivity index (χ2v) is 14.5. The van der Waals surface area contributed by atoms with E-state index >= 15 is 0 Å². The number of furan rings is 1. The third kappa shape index (κ3) is 6.89. The van der Waals surface area contributed by atoms with Crippen LogP contribution in [0.15, 0.2) is 241 Å². The molecule has 0 fully saturated rings.